The minimum absolute atomic E-state index is 0.243. The monoisotopic (exact) mass is 263 g/mol. The summed E-state index contributed by atoms with van der Waals surface area (Å²) in [5.41, 5.74) is 1.33. The first kappa shape index (κ1) is 16.2. The predicted molar refractivity (Wildman–Crippen MR) is 82.2 cm³/mol. The van der Waals surface area contributed by atoms with E-state index in [0.717, 1.165) is 12.8 Å². The molecule has 1 aromatic rings. The van der Waals surface area contributed by atoms with Gasteiger partial charge in [0.15, 0.2) is 0 Å². The molecular weight excluding hydrogens is 234 g/mol. The van der Waals surface area contributed by atoms with Crippen LogP contribution in [0, 0.1) is 5.92 Å². The van der Waals surface area contributed by atoms with Crippen molar-refractivity contribution in [2.45, 2.75) is 58.6 Å². The zero-order valence-corrected chi connectivity index (χ0v) is 12.6. The van der Waals surface area contributed by atoms with Crippen LogP contribution in [0.2, 0.25) is 0 Å². The van der Waals surface area contributed by atoms with E-state index in [1.54, 1.807) is 0 Å². The number of rotatable bonds is 9. The molecule has 0 bridgehead atoms. The topological polar surface area (TPSA) is 32.3 Å². The average molecular weight is 263 g/mol. The highest BCUT2D eigenvalue weighted by Gasteiger charge is 2.13. The molecular formula is C17H29NO. The fourth-order valence-electron chi connectivity index (χ4n) is 2.39. The number of aliphatic hydroxyl groups is 1. The van der Waals surface area contributed by atoms with Gasteiger partial charge in [-0.05, 0) is 24.3 Å². The lowest BCUT2D eigenvalue weighted by atomic mass is 10.00. The number of benzene rings is 1. The minimum atomic E-state index is -0.243. The summed E-state index contributed by atoms with van der Waals surface area (Å²) < 4.78 is 0. The number of nitrogens with one attached hydrogen (secondary N) is 1. The highest BCUT2D eigenvalue weighted by Crippen LogP contribution is 2.19. The summed E-state index contributed by atoms with van der Waals surface area (Å²) in [6, 6.07) is 10.9. The molecule has 0 aromatic heterocycles. The van der Waals surface area contributed by atoms with Gasteiger partial charge in [-0.3, -0.25) is 0 Å². The third-order valence-electron chi connectivity index (χ3n) is 3.39. The molecule has 1 rings (SSSR count). The van der Waals surface area contributed by atoms with Gasteiger partial charge in [0.1, 0.15) is 0 Å². The van der Waals surface area contributed by atoms with Gasteiger partial charge in [0, 0.05) is 12.6 Å². The fraction of sp³-hybridized carbons (Fsp3) is 0.647. The van der Waals surface area contributed by atoms with E-state index in [2.05, 4.69) is 50.4 Å². The van der Waals surface area contributed by atoms with Crippen molar-refractivity contribution in [3.63, 3.8) is 0 Å². The zero-order valence-electron chi connectivity index (χ0n) is 12.6. The van der Waals surface area contributed by atoms with Gasteiger partial charge in [-0.25, -0.2) is 0 Å². The molecule has 0 amide bonds. The summed E-state index contributed by atoms with van der Waals surface area (Å²) in [4.78, 5) is 0. The molecule has 0 aliphatic carbocycles. The Hall–Kier alpha value is -0.860. The van der Waals surface area contributed by atoms with Crippen molar-refractivity contribution >= 4 is 0 Å². The van der Waals surface area contributed by atoms with E-state index in [-0.39, 0.29) is 6.10 Å². The second-order valence-electron chi connectivity index (χ2n) is 5.80. The van der Waals surface area contributed by atoms with E-state index in [1.165, 1.54) is 18.4 Å². The van der Waals surface area contributed by atoms with Gasteiger partial charge in [-0.15, -0.1) is 0 Å². The van der Waals surface area contributed by atoms with Gasteiger partial charge in [0.2, 0.25) is 0 Å². The maximum atomic E-state index is 9.98. The number of unbranched alkanes of at least 4 members (excludes halogenated alkanes) is 1. The van der Waals surface area contributed by atoms with Gasteiger partial charge in [0.25, 0.3) is 0 Å². The SMILES string of the molecule is CCCCC(NCC(O)CC(C)C)c1ccccc1. The maximum absolute atomic E-state index is 9.98. The van der Waals surface area contributed by atoms with Crippen LogP contribution >= 0.6 is 0 Å². The lowest BCUT2D eigenvalue weighted by Gasteiger charge is -2.22. The third-order valence-corrected chi connectivity index (χ3v) is 3.39. The maximum Gasteiger partial charge on any atom is 0.0667 e. The predicted octanol–water partition coefficient (Wildman–Crippen LogP) is 3.91. The summed E-state index contributed by atoms with van der Waals surface area (Å²) in [5, 5.41) is 13.5. The van der Waals surface area contributed by atoms with Crippen LogP contribution in [0.1, 0.15) is 58.1 Å². The number of hydrogen-bond donors (Lipinski definition) is 2. The Morgan fingerprint density at radius 1 is 1.16 bits per heavy atom. The van der Waals surface area contributed by atoms with Crippen LogP contribution in [0.25, 0.3) is 0 Å². The molecule has 0 radical (unpaired) electrons. The molecule has 2 nitrogen and oxygen atoms in total. The van der Waals surface area contributed by atoms with Crippen molar-refractivity contribution in [2.75, 3.05) is 6.54 Å². The summed E-state index contributed by atoms with van der Waals surface area (Å²) in [6.07, 6.45) is 4.18. The van der Waals surface area contributed by atoms with Gasteiger partial charge >= 0.3 is 0 Å². The van der Waals surface area contributed by atoms with Gasteiger partial charge in [0.05, 0.1) is 6.10 Å². The molecule has 108 valence electrons. The first-order chi connectivity index (χ1) is 9.13. The summed E-state index contributed by atoms with van der Waals surface area (Å²) >= 11 is 0. The molecule has 2 N–H and O–H groups in total. The van der Waals surface area contributed by atoms with Crippen molar-refractivity contribution in [3.05, 3.63) is 35.9 Å². The van der Waals surface area contributed by atoms with E-state index in [4.69, 9.17) is 0 Å². The molecule has 2 atom stereocenters. The van der Waals surface area contributed by atoms with Crippen LogP contribution in [-0.4, -0.2) is 17.8 Å². The van der Waals surface area contributed by atoms with E-state index < -0.39 is 0 Å². The van der Waals surface area contributed by atoms with Crippen molar-refractivity contribution in [1.29, 1.82) is 0 Å². The van der Waals surface area contributed by atoms with Crippen molar-refractivity contribution in [1.82, 2.24) is 5.32 Å². The van der Waals surface area contributed by atoms with Crippen LogP contribution in [0.4, 0.5) is 0 Å². The van der Waals surface area contributed by atoms with E-state index in [1.807, 2.05) is 6.07 Å². The lowest BCUT2D eigenvalue weighted by Crippen LogP contribution is -2.31. The molecule has 0 spiro atoms. The largest absolute Gasteiger partial charge is 0.392 e. The summed E-state index contributed by atoms with van der Waals surface area (Å²) in [5.74, 6) is 0.544. The normalized spacial score (nSPS) is 14.6. The average Bonchev–Trinajstić information content (AvgIpc) is 2.39. The van der Waals surface area contributed by atoms with Gasteiger partial charge < -0.3 is 10.4 Å². The second-order valence-corrected chi connectivity index (χ2v) is 5.80. The number of aliphatic hydroxyl groups excluding tert-OH is 1. The van der Waals surface area contributed by atoms with Gasteiger partial charge in [-0.1, -0.05) is 63.9 Å². The zero-order chi connectivity index (χ0) is 14.1. The standard InChI is InChI=1S/C17H29NO/c1-4-5-11-17(15-9-7-6-8-10-15)18-13-16(19)12-14(2)3/h6-10,14,16-19H,4-5,11-13H2,1-3H3. The Balaban J connectivity index is 2.50. The smallest absolute Gasteiger partial charge is 0.0667 e. The first-order valence-electron chi connectivity index (χ1n) is 7.59. The summed E-state index contributed by atoms with van der Waals surface area (Å²) in [6.45, 7) is 7.20. The Bertz CT molecular complexity index is 323. The van der Waals surface area contributed by atoms with Gasteiger partial charge in [-0.2, -0.15) is 0 Å². The Morgan fingerprint density at radius 3 is 2.42 bits per heavy atom. The van der Waals surface area contributed by atoms with E-state index in [0.29, 0.717) is 18.5 Å². The molecule has 0 saturated carbocycles. The molecule has 1 aromatic carbocycles. The fourth-order valence-corrected chi connectivity index (χ4v) is 2.39. The molecule has 0 heterocycles. The van der Waals surface area contributed by atoms with Crippen LogP contribution in [-0.2, 0) is 0 Å². The molecule has 2 heteroatoms. The molecule has 0 fully saturated rings. The van der Waals surface area contributed by atoms with Crippen molar-refractivity contribution < 1.29 is 5.11 Å². The second kappa shape index (κ2) is 9.11. The van der Waals surface area contributed by atoms with Crippen LogP contribution in [0.5, 0.6) is 0 Å². The molecule has 0 aliphatic heterocycles. The third kappa shape index (κ3) is 6.74. The van der Waals surface area contributed by atoms with Crippen molar-refractivity contribution in [3.8, 4) is 0 Å². The van der Waals surface area contributed by atoms with Crippen LogP contribution < -0.4 is 5.32 Å². The number of hydrogen-bond acceptors (Lipinski definition) is 2. The Labute approximate surface area is 118 Å². The first-order valence-corrected chi connectivity index (χ1v) is 7.59. The lowest BCUT2D eigenvalue weighted by molar-refractivity contribution is 0.141. The molecule has 0 aliphatic rings. The highest BCUT2D eigenvalue weighted by molar-refractivity contribution is 5.18. The Kier molecular flexibility index (Phi) is 7.76. The van der Waals surface area contributed by atoms with Crippen molar-refractivity contribution in [2.24, 2.45) is 5.92 Å². The molecule has 19 heavy (non-hydrogen) atoms. The van der Waals surface area contributed by atoms with Crippen LogP contribution in [0.15, 0.2) is 30.3 Å². The summed E-state index contributed by atoms with van der Waals surface area (Å²) in [7, 11) is 0. The minimum Gasteiger partial charge on any atom is -0.392 e. The van der Waals surface area contributed by atoms with E-state index in [9.17, 15) is 5.11 Å². The quantitative estimate of drug-likeness (QED) is 0.708. The van der Waals surface area contributed by atoms with E-state index >= 15 is 0 Å². The molecule has 0 saturated heterocycles. The Morgan fingerprint density at radius 2 is 1.84 bits per heavy atom. The van der Waals surface area contributed by atoms with Crippen LogP contribution in [0.3, 0.4) is 0 Å². The molecule has 2 unspecified atom stereocenters. The highest BCUT2D eigenvalue weighted by atomic mass is 16.3.